The highest BCUT2D eigenvalue weighted by molar-refractivity contribution is 6.01. The fraction of sp³-hybridized carbons (Fsp3) is 0.0714. The van der Waals surface area contributed by atoms with E-state index in [1.54, 1.807) is 0 Å². The van der Waals surface area contributed by atoms with Crippen molar-refractivity contribution in [3.05, 3.63) is 336 Å². The summed E-state index contributed by atoms with van der Waals surface area (Å²) in [6.07, 6.45) is 8.97. The SMILES string of the molecule is CC1(C)c2cc(C=Cc3ccc(-c4ccc(-c5ccc(C=Cc6ccc7c(c6)C(C)(C)c6cc(N(c8ccccc8)c8cccc9ccccc89)ccc6-7)cc5)cc4)cc3)ccc2-c2ccc(N(c3ccccc3)c3cccc4ccccc34)cc21. The summed E-state index contributed by atoms with van der Waals surface area (Å²) >= 11 is 0. The number of fused-ring (bicyclic) bond motifs is 8. The summed E-state index contributed by atoms with van der Waals surface area (Å²) < 4.78 is 0. The molecule has 2 nitrogen and oxygen atoms in total. The Labute approximate surface area is 505 Å². The molecule has 0 saturated heterocycles. The molecule has 15 rings (SSSR count). The fourth-order valence-corrected chi connectivity index (χ4v) is 13.6. The third kappa shape index (κ3) is 9.32. The molecule has 86 heavy (non-hydrogen) atoms. The number of rotatable bonds is 12. The van der Waals surface area contributed by atoms with E-state index < -0.39 is 0 Å². The minimum atomic E-state index is -0.179. The molecule has 0 aliphatic heterocycles. The number of para-hydroxylation sites is 2. The minimum absolute atomic E-state index is 0.179. The van der Waals surface area contributed by atoms with Crippen molar-refractivity contribution in [2.45, 2.75) is 38.5 Å². The van der Waals surface area contributed by atoms with E-state index in [0.29, 0.717) is 0 Å². The fourth-order valence-electron chi connectivity index (χ4n) is 13.6. The molecule has 0 unspecified atom stereocenters. The van der Waals surface area contributed by atoms with Crippen molar-refractivity contribution in [3.8, 4) is 44.5 Å². The molecule has 0 saturated carbocycles. The van der Waals surface area contributed by atoms with Gasteiger partial charge in [0.2, 0.25) is 0 Å². The lowest BCUT2D eigenvalue weighted by Crippen LogP contribution is -2.16. The number of nitrogens with zero attached hydrogens (tertiary/aromatic N) is 2. The van der Waals surface area contributed by atoms with Gasteiger partial charge in [-0.15, -0.1) is 0 Å². The Hall–Kier alpha value is -10.5. The van der Waals surface area contributed by atoms with Crippen LogP contribution in [0.5, 0.6) is 0 Å². The molecule has 410 valence electrons. The van der Waals surface area contributed by atoms with Gasteiger partial charge in [0.05, 0.1) is 11.4 Å². The lowest BCUT2D eigenvalue weighted by Gasteiger charge is -2.29. The second-order valence-electron chi connectivity index (χ2n) is 24.1. The summed E-state index contributed by atoms with van der Waals surface area (Å²) in [4.78, 5) is 4.82. The Morgan fingerprint density at radius 3 is 0.942 bits per heavy atom. The maximum Gasteiger partial charge on any atom is 0.0540 e. The van der Waals surface area contributed by atoms with Gasteiger partial charge in [-0.25, -0.2) is 0 Å². The van der Waals surface area contributed by atoms with Crippen molar-refractivity contribution in [1.29, 1.82) is 0 Å². The van der Waals surface area contributed by atoms with Crippen LogP contribution >= 0.6 is 0 Å². The van der Waals surface area contributed by atoms with Crippen LogP contribution in [0.3, 0.4) is 0 Å². The maximum absolute atomic E-state index is 2.42. The smallest absolute Gasteiger partial charge is 0.0540 e. The van der Waals surface area contributed by atoms with Crippen LogP contribution in [-0.2, 0) is 10.8 Å². The molecule has 0 radical (unpaired) electrons. The molecule has 2 aliphatic carbocycles. The van der Waals surface area contributed by atoms with Crippen LogP contribution in [0.2, 0.25) is 0 Å². The highest BCUT2D eigenvalue weighted by Gasteiger charge is 2.38. The van der Waals surface area contributed by atoms with E-state index in [1.807, 2.05) is 0 Å². The number of anilines is 6. The molecule has 0 heterocycles. The van der Waals surface area contributed by atoms with Crippen molar-refractivity contribution in [3.63, 3.8) is 0 Å². The van der Waals surface area contributed by atoms with E-state index in [4.69, 9.17) is 0 Å². The van der Waals surface area contributed by atoms with Crippen LogP contribution in [0.4, 0.5) is 34.1 Å². The summed E-state index contributed by atoms with van der Waals surface area (Å²) in [6.45, 7) is 9.49. The molecular formula is C84H64N2. The predicted molar refractivity (Wildman–Crippen MR) is 368 cm³/mol. The Kier molecular flexibility index (Phi) is 12.9. The average Bonchev–Trinajstić information content (AvgIpc) is 1.69. The second-order valence-corrected chi connectivity index (χ2v) is 24.1. The molecule has 0 aromatic heterocycles. The monoisotopic (exact) mass is 1100 g/mol. The molecule has 0 fully saturated rings. The van der Waals surface area contributed by atoms with Gasteiger partial charge in [0.25, 0.3) is 0 Å². The van der Waals surface area contributed by atoms with Gasteiger partial charge in [-0.2, -0.15) is 0 Å². The third-order valence-corrected chi connectivity index (χ3v) is 18.2. The molecule has 2 aliphatic rings. The molecule has 13 aromatic rings. The van der Waals surface area contributed by atoms with Crippen LogP contribution in [0.25, 0.3) is 90.4 Å². The number of benzene rings is 13. The molecule has 13 aromatic carbocycles. The minimum Gasteiger partial charge on any atom is -0.310 e. The molecule has 0 N–H and O–H groups in total. The molecule has 0 bridgehead atoms. The average molecular weight is 1100 g/mol. The molecule has 0 spiro atoms. The highest BCUT2D eigenvalue weighted by Crippen LogP contribution is 2.53. The van der Waals surface area contributed by atoms with Crippen LogP contribution in [0, 0.1) is 0 Å². The maximum atomic E-state index is 2.42. The topological polar surface area (TPSA) is 6.48 Å². The zero-order chi connectivity index (χ0) is 57.9. The summed E-state index contributed by atoms with van der Waals surface area (Å²) in [6, 6.07) is 107. The van der Waals surface area contributed by atoms with E-state index in [1.165, 1.54) is 122 Å². The van der Waals surface area contributed by atoms with Crippen molar-refractivity contribution >= 4 is 80.0 Å². The Morgan fingerprint density at radius 2 is 0.547 bits per heavy atom. The van der Waals surface area contributed by atoms with Crippen LogP contribution in [0.1, 0.15) is 72.2 Å². The van der Waals surface area contributed by atoms with Crippen LogP contribution < -0.4 is 9.80 Å². The van der Waals surface area contributed by atoms with Gasteiger partial charge in [0, 0.05) is 44.4 Å². The lowest BCUT2D eigenvalue weighted by molar-refractivity contribution is 0.660. The number of hydrogen-bond donors (Lipinski definition) is 0. The Bertz CT molecular complexity index is 4460. The van der Waals surface area contributed by atoms with Crippen LogP contribution in [-0.4, -0.2) is 0 Å². The van der Waals surface area contributed by atoms with E-state index >= 15 is 0 Å². The van der Waals surface area contributed by atoms with Gasteiger partial charge < -0.3 is 9.80 Å². The quantitative estimate of drug-likeness (QED) is 0.113. The summed E-state index contributed by atoms with van der Waals surface area (Å²) in [5, 5.41) is 4.92. The largest absolute Gasteiger partial charge is 0.310 e. The standard InChI is InChI=1S/C84H64N2/c1-83(2)77-53-59(37-49-73(77)75-51-47-69(55-79(75)83)85(67-21-7-5-8-22-67)81-27-15-19-65-17-11-13-25-71(65)81)31-29-57-33-39-61(40-34-57)63-43-45-64(46-44-63)62-41-35-58(36-42-62)30-32-60-38-50-74-76-52-48-70(56-80(76)84(3,4)78(74)54-60)86(68-23-9-6-10-24-68)82-28-16-20-66-18-12-14-26-72(66)82/h5-56H,1-4H3. The first-order valence-corrected chi connectivity index (χ1v) is 30.0. The van der Waals surface area contributed by atoms with Crippen molar-refractivity contribution in [1.82, 2.24) is 0 Å². The zero-order valence-electron chi connectivity index (χ0n) is 48.9. The Morgan fingerprint density at radius 1 is 0.244 bits per heavy atom. The summed E-state index contributed by atoms with van der Waals surface area (Å²) in [5.74, 6) is 0. The van der Waals surface area contributed by atoms with E-state index in [-0.39, 0.29) is 10.8 Å². The van der Waals surface area contributed by atoms with Crippen molar-refractivity contribution in [2.24, 2.45) is 0 Å². The van der Waals surface area contributed by atoms with E-state index in [9.17, 15) is 0 Å². The molecule has 0 atom stereocenters. The van der Waals surface area contributed by atoms with Gasteiger partial charge in [-0.1, -0.05) is 283 Å². The Balaban J connectivity index is 0.607. The van der Waals surface area contributed by atoms with Gasteiger partial charge >= 0.3 is 0 Å². The normalized spacial score (nSPS) is 13.4. The van der Waals surface area contributed by atoms with E-state index in [2.05, 4.69) is 353 Å². The second kappa shape index (κ2) is 21.3. The van der Waals surface area contributed by atoms with Gasteiger partial charge in [-0.3, -0.25) is 0 Å². The van der Waals surface area contributed by atoms with Gasteiger partial charge in [-0.05, 0) is 160 Å². The lowest BCUT2D eigenvalue weighted by atomic mass is 9.81. The molecular weight excluding hydrogens is 1040 g/mol. The molecule has 0 amide bonds. The first-order chi connectivity index (χ1) is 42.1. The van der Waals surface area contributed by atoms with Gasteiger partial charge in [0.1, 0.15) is 0 Å². The predicted octanol–water partition coefficient (Wildman–Crippen LogP) is 23.2. The number of hydrogen-bond acceptors (Lipinski definition) is 2. The highest BCUT2D eigenvalue weighted by atomic mass is 15.1. The van der Waals surface area contributed by atoms with Gasteiger partial charge in [0.15, 0.2) is 0 Å². The van der Waals surface area contributed by atoms with Crippen molar-refractivity contribution in [2.75, 3.05) is 9.80 Å². The summed E-state index contributed by atoms with van der Waals surface area (Å²) in [7, 11) is 0. The zero-order valence-corrected chi connectivity index (χ0v) is 48.9. The third-order valence-electron chi connectivity index (χ3n) is 18.2. The first kappa shape index (κ1) is 52.3. The van der Waals surface area contributed by atoms with E-state index in [0.717, 1.165) is 22.7 Å². The first-order valence-electron chi connectivity index (χ1n) is 30.0. The van der Waals surface area contributed by atoms with Crippen LogP contribution in [0.15, 0.2) is 291 Å². The van der Waals surface area contributed by atoms with Crippen molar-refractivity contribution < 1.29 is 0 Å². The summed E-state index contributed by atoms with van der Waals surface area (Å²) in [5.41, 5.74) is 26.8. The molecule has 2 heteroatoms.